The highest BCUT2D eigenvalue weighted by molar-refractivity contribution is 7.99. The predicted molar refractivity (Wildman–Crippen MR) is 89.2 cm³/mol. The molecule has 1 aromatic rings. The van der Waals surface area contributed by atoms with E-state index in [0.717, 1.165) is 6.42 Å². The van der Waals surface area contributed by atoms with E-state index in [0.29, 0.717) is 11.8 Å². The summed E-state index contributed by atoms with van der Waals surface area (Å²) in [5.74, 6) is 2.54. The predicted octanol–water partition coefficient (Wildman–Crippen LogP) is 6.19. The zero-order valence-electron chi connectivity index (χ0n) is 12.5. The zero-order chi connectivity index (χ0) is 13.7. The molecule has 0 aromatic carbocycles. The minimum Gasteiger partial charge on any atom is -0.138 e. The molecular weight excluding hydrogens is 268 g/mol. The third-order valence-corrected chi connectivity index (χ3v) is 7.52. The van der Waals surface area contributed by atoms with Crippen LogP contribution in [0.25, 0.3) is 11.1 Å². The van der Waals surface area contributed by atoms with E-state index >= 15 is 0 Å². The third-order valence-electron chi connectivity index (χ3n) is 4.55. The van der Waals surface area contributed by atoms with Crippen molar-refractivity contribution in [2.45, 2.75) is 51.9 Å². The first-order chi connectivity index (χ1) is 9.04. The highest BCUT2D eigenvalue weighted by atomic mass is 32.2. The molecular formula is C17H22S2. The zero-order valence-corrected chi connectivity index (χ0v) is 14.1. The second-order valence-corrected chi connectivity index (χ2v) is 7.95. The summed E-state index contributed by atoms with van der Waals surface area (Å²) < 4.78 is 0. The molecule has 2 heterocycles. The molecule has 102 valence electrons. The molecule has 0 saturated heterocycles. The Labute approximate surface area is 125 Å². The molecule has 0 amide bonds. The van der Waals surface area contributed by atoms with Crippen molar-refractivity contribution >= 4 is 34.2 Å². The first-order valence-electron chi connectivity index (χ1n) is 7.22. The summed E-state index contributed by atoms with van der Waals surface area (Å²) in [6, 6.07) is 0. The molecule has 1 aliphatic carbocycles. The number of thiophene rings is 1. The molecule has 0 radical (unpaired) electrons. The van der Waals surface area contributed by atoms with E-state index < -0.39 is 0 Å². The molecule has 0 N–H and O–H groups in total. The van der Waals surface area contributed by atoms with Crippen molar-refractivity contribution in [2.75, 3.05) is 5.75 Å². The fourth-order valence-electron chi connectivity index (χ4n) is 3.12. The van der Waals surface area contributed by atoms with Crippen LogP contribution in [-0.2, 0) is 0 Å². The molecule has 1 aromatic heterocycles. The minimum absolute atomic E-state index is 0.628. The quantitative estimate of drug-likeness (QED) is 0.594. The second kappa shape index (κ2) is 4.82. The van der Waals surface area contributed by atoms with Crippen LogP contribution < -0.4 is 0 Å². The monoisotopic (exact) mass is 290 g/mol. The molecule has 0 spiro atoms. The van der Waals surface area contributed by atoms with Crippen molar-refractivity contribution in [3.8, 4) is 0 Å². The molecule has 0 saturated carbocycles. The van der Waals surface area contributed by atoms with Gasteiger partial charge < -0.3 is 0 Å². The van der Waals surface area contributed by atoms with Crippen molar-refractivity contribution < 1.29 is 0 Å². The summed E-state index contributed by atoms with van der Waals surface area (Å²) in [6.07, 6.45) is 3.66. The maximum Gasteiger partial charge on any atom is 0.0444 e. The van der Waals surface area contributed by atoms with Gasteiger partial charge in [-0.05, 0) is 37.3 Å². The van der Waals surface area contributed by atoms with Gasteiger partial charge in [0.15, 0.2) is 0 Å². The molecule has 2 unspecified atom stereocenters. The van der Waals surface area contributed by atoms with E-state index in [4.69, 9.17) is 0 Å². The van der Waals surface area contributed by atoms with Crippen molar-refractivity contribution in [1.29, 1.82) is 0 Å². The van der Waals surface area contributed by atoms with Crippen molar-refractivity contribution in [3.05, 3.63) is 27.0 Å². The Balaban J connectivity index is 2.21. The summed E-state index contributed by atoms with van der Waals surface area (Å²) in [5, 5.41) is 0. The molecule has 2 heteroatoms. The van der Waals surface area contributed by atoms with Crippen molar-refractivity contribution in [3.63, 3.8) is 0 Å². The first-order valence-corrected chi connectivity index (χ1v) is 9.03. The summed E-state index contributed by atoms with van der Waals surface area (Å²) in [5.41, 5.74) is 6.27. The lowest BCUT2D eigenvalue weighted by Crippen LogP contribution is -1.92. The van der Waals surface area contributed by atoms with Gasteiger partial charge in [0, 0.05) is 31.9 Å². The van der Waals surface area contributed by atoms with Crippen LogP contribution in [0.15, 0.2) is 16.5 Å². The summed E-state index contributed by atoms with van der Waals surface area (Å²) in [7, 11) is 0. The lowest BCUT2D eigenvalue weighted by atomic mass is 10.0. The number of fused-ring (bicyclic) bond motifs is 3. The van der Waals surface area contributed by atoms with E-state index in [9.17, 15) is 0 Å². The normalized spacial score (nSPS) is 26.1. The van der Waals surface area contributed by atoms with Crippen molar-refractivity contribution in [2.24, 2.45) is 5.92 Å². The summed E-state index contributed by atoms with van der Waals surface area (Å²) >= 11 is 4.14. The summed E-state index contributed by atoms with van der Waals surface area (Å²) in [6.45, 7) is 11.6. The van der Waals surface area contributed by atoms with E-state index in [2.05, 4.69) is 63.8 Å². The molecule has 3 rings (SSSR count). The standard InChI is InChI=1S/C17H22S2/c1-6-13-7-9(2)8-18-17-14-11(4)10(3)12(5)15(14)19-16(13)17/h7,9,12H,6,8H2,1-5H3. The Morgan fingerprint density at radius 3 is 2.68 bits per heavy atom. The highest BCUT2D eigenvalue weighted by Gasteiger charge is 2.32. The van der Waals surface area contributed by atoms with Crippen LogP contribution in [0.4, 0.5) is 0 Å². The average molecular weight is 290 g/mol. The van der Waals surface area contributed by atoms with Crippen LogP contribution in [0.5, 0.6) is 0 Å². The summed E-state index contributed by atoms with van der Waals surface area (Å²) in [4.78, 5) is 4.76. The van der Waals surface area contributed by atoms with Gasteiger partial charge in [-0.25, -0.2) is 0 Å². The van der Waals surface area contributed by atoms with Gasteiger partial charge in [0.1, 0.15) is 0 Å². The van der Waals surface area contributed by atoms with Crippen LogP contribution in [0.1, 0.15) is 62.3 Å². The average Bonchev–Trinajstić information content (AvgIpc) is 2.81. The molecule has 2 aliphatic rings. The molecule has 0 nitrogen and oxygen atoms in total. The molecule has 2 atom stereocenters. The van der Waals surface area contributed by atoms with Gasteiger partial charge in [0.05, 0.1) is 0 Å². The second-order valence-electron chi connectivity index (χ2n) is 5.86. The van der Waals surface area contributed by atoms with Crippen LogP contribution in [-0.4, -0.2) is 5.75 Å². The van der Waals surface area contributed by atoms with E-state index in [1.54, 1.807) is 31.4 Å². The Bertz CT molecular complexity index is 587. The highest BCUT2D eigenvalue weighted by Crippen LogP contribution is 2.54. The number of hydrogen-bond donors (Lipinski definition) is 0. The SMILES string of the molecule is CCC1=CC(C)CSc2c1sc1c2C(C)=C(C)C1C. The van der Waals surface area contributed by atoms with E-state index in [1.807, 2.05) is 0 Å². The van der Waals surface area contributed by atoms with E-state index in [-0.39, 0.29) is 0 Å². The number of thioether (sulfide) groups is 1. The van der Waals surface area contributed by atoms with Crippen molar-refractivity contribution in [1.82, 2.24) is 0 Å². The fourth-order valence-corrected chi connectivity index (χ4v) is 6.15. The lowest BCUT2D eigenvalue weighted by Gasteiger charge is -2.07. The fraction of sp³-hybridized carbons (Fsp3) is 0.529. The molecule has 1 aliphatic heterocycles. The van der Waals surface area contributed by atoms with Gasteiger partial charge in [-0.2, -0.15) is 0 Å². The largest absolute Gasteiger partial charge is 0.138 e. The topological polar surface area (TPSA) is 0 Å². The maximum absolute atomic E-state index is 2.50. The lowest BCUT2D eigenvalue weighted by molar-refractivity contribution is 0.848. The Hall–Kier alpha value is -0.470. The minimum atomic E-state index is 0.628. The number of hydrogen-bond acceptors (Lipinski definition) is 2. The van der Waals surface area contributed by atoms with Crippen LogP contribution in [0.2, 0.25) is 0 Å². The first kappa shape index (κ1) is 13.5. The van der Waals surface area contributed by atoms with Gasteiger partial charge in [-0.3, -0.25) is 0 Å². The van der Waals surface area contributed by atoms with Crippen LogP contribution in [0.3, 0.4) is 0 Å². The molecule has 0 bridgehead atoms. The van der Waals surface area contributed by atoms with Gasteiger partial charge in [0.2, 0.25) is 0 Å². The molecule has 19 heavy (non-hydrogen) atoms. The smallest absolute Gasteiger partial charge is 0.0444 e. The number of rotatable bonds is 1. The third kappa shape index (κ3) is 1.95. The van der Waals surface area contributed by atoms with Crippen LogP contribution in [0, 0.1) is 5.92 Å². The Morgan fingerprint density at radius 1 is 1.26 bits per heavy atom. The van der Waals surface area contributed by atoms with Crippen LogP contribution >= 0.6 is 23.1 Å². The Kier molecular flexibility index (Phi) is 3.43. The maximum atomic E-state index is 2.50. The van der Waals surface area contributed by atoms with Gasteiger partial charge in [-0.1, -0.05) is 32.4 Å². The van der Waals surface area contributed by atoms with Gasteiger partial charge in [0.25, 0.3) is 0 Å². The Morgan fingerprint density at radius 2 is 2.00 bits per heavy atom. The molecule has 0 fully saturated rings. The van der Waals surface area contributed by atoms with Gasteiger partial charge >= 0.3 is 0 Å². The number of allylic oxidation sites excluding steroid dienone is 4. The van der Waals surface area contributed by atoms with E-state index in [1.165, 1.54) is 11.3 Å². The van der Waals surface area contributed by atoms with Gasteiger partial charge in [-0.15, -0.1) is 23.1 Å².